The molecule has 0 aliphatic rings. The molecule has 0 aliphatic carbocycles. The molecule has 3 atom stereocenters. The maximum absolute atomic E-state index is 10.8. The first-order valence-corrected chi connectivity index (χ1v) is 6.81. The first-order chi connectivity index (χ1) is 9.69. The number of aliphatic hydroxyl groups is 1. The summed E-state index contributed by atoms with van der Waals surface area (Å²) in [5.74, 6) is 0. The van der Waals surface area contributed by atoms with Crippen LogP contribution in [-0.4, -0.2) is 63.2 Å². The Balaban J connectivity index is 3.98. The number of carbonyl (C=O) groups excluding carboxylic acids is 1. The molecule has 0 bridgehead atoms. The number of unbranched alkanes of at least 4 members (excludes halogenated alkanes) is 1. The number of aliphatic hydroxyl groups excluding tert-OH is 1. The molecule has 7 nitrogen and oxygen atoms in total. The van der Waals surface area contributed by atoms with Gasteiger partial charge >= 0.3 is 0 Å². The molecule has 0 aromatic heterocycles. The highest BCUT2D eigenvalue weighted by atomic mass is 16.5. The minimum atomic E-state index is -0.706. The zero-order valence-electron chi connectivity index (χ0n) is 12.3. The molecule has 118 valence electrons. The summed E-state index contributed by atoms with van der Waals surface area (Å²) in [6.45, 7) is 0.831. The van der Waals surface area contributed by atoms with Crippen molar-refractivity contribution < 1.29 is 19.4 Å². The Bertz CT molecular complexity index is 264. The van der Waals surface area contributed by atoms with E-state index in [4.69, 9.17) is 15.2 Å². The van der Waals surface area contributed by atoms with Crippen LogP contribution in [0.4, 0.5) is 0 Å². The number of hydrogen-bond donors (Lipinski definition) is 3. The molecule has 0 spiro atoms. The third-order valence-corrected chi connectivity index (χ3v) is 2.87. The van der Waals surface area contributed by atoms with Gasteiger partial charge in [-0.3, -0.25) is 0 Å². The number of aldehydes is 1. The molecule has 0 aromatic carbocycles. The van der Waals surface area contributed by atoms with Crippen LogP contribution in [0.25, 0.3) is 0 Å². The van der Waals surface area contributed by atoms with E-state index in [1.165, 1.54) is 14.2 Å². The van der Waals surface area contributed by atoms with Crippen molar-refractivity contribution in [3.8, 4) is 0 Å². The number of hydrogen-bond acceptors (Lipinski definition) is 7. The van der Waals surface area contributed by atoms with E-state index >= 15 is 0 Å². The number of ether oxygens (including phenoxy) is 2. The second kappa shape index (κ2) is 13.0. The maximum Gasteiger partial charge on any atom is 0.143 e. The van der Waals surface area contributed by atoms with Crippen LogP contribution in [0.15, 0.2) is 5.10 Å². The van der Waals surface area contributed by atoms with Gasteiger partial charge in [0.05, 0.1) is 18.8 Å². The molecule has 0 saturated heterocycles. The number of methoxy groups -OCH3 is 2. The average Bonchev–Trinajstić information content (AvgIpc) is 2.45. The van der Waals surface area contributed by atoms with Crippen molar-refractivity contribution in [2.75, 3.05) is 27.4 Å². The first-order valence-electron chi connectivity index (χ1n) is 6.81. The summed E-state index contributed by atoms with van der Waals surface area (Å²) in [5.41, 5.74) is 8.16. The van der Waals surface area contributed by atoms with Crippen LogP contribution in [0, 0.1) is 0 Å². The van der Waals surface area contributed by atoms with Crippen LogP contribution in [0.5, 0.6) is 0 Å². The van der Waals surface area contributed by atoms with Crippen molar-refractivity contribution in [2.24, 2.45) is 10.8 Å². The Morgan fingerprint density at radius 3 is 2.70 bits per heavy atom. The van der Waals surface area contributed by atoms with E-state index in [2.05, 4.69) is 10.5 Å². The largest absolute Gasteiger partial charge is 0.388 e. The second-order valence-corrected chi connectivity index (χ2v) is 4.50. The van der Waals surface area contributed by atoms with Crippen LogP contribution in [0.3, 0.4) is 0 Å². The van der Waals surface area contributed by atoms with Crippen LogP contribution >= 0.6 is 0 Å². The van der Waals surface area contributed by atoms with Gasteiger partial charge in [0, 0.05) is 26.9 Å². The fourth-order valence-corrected chi connectivity index (χ4v) is 1.67. The van der Waals surface area contributed by atoms with Crippen LogP contribution in [0.1, 0.15) is 25.7 Å². The lowest BCUT2D eigenvalue weighted by atomic mass is 10.1. The number of carbonyl (C=O) groups is 1. The van der Waals surface area contributed by atoms with Crippen LogP contribution in [0.2, 0.25) is 0 Å². The zero-order chi connectivity index (χ0) is 15.2. The molecule has 0 aromatic rings. The highest BCUT2D eigenvalue weighted by Crippen LogP contribution is 2.03. The quantitative estimate of drug-likeness (QED) is 0.185. The zero-order valence-corrected chi connectivity index (χ0v) is 12.3. The summed E-state index contributed by atoms with van der Waals surface area (Å²) in [6.07, 6.45) is 4.25. The minimum absolute atomic E-state index is 0.204. The van der Waals surface area contributed by atoms with E-state index in [0.29, 0.717) is 19.4 Å². The molecular formula is C13H27N3O4. The molecule has 20 heavy (non-hydrogen) atoms. The summed E-state index contributed by atoms with van der Waals surface area (Å²) in [4.78, 5) is 10.8. The second-order valence-electron chi connectivity index (χ2n) is 4.50. The molecule has 0 radical (unpaired) electrons. The van der Waals surface area contributed by atoms with E-state index in [1.807, 2.05) is 0 Å². The Labute approximate surface area is 120 Å². The van der Waals surface area contributed by atoms with Gasteiger partial charge in [0.25, 0.3) is 0 Å². The lowest BCUT2D eigenvalue weighted by Crippen LogP contribution is -2.32. The van der Waals surface area contributed by atoms with Gasteiger partial charge in [-0.05, 0) is 25.8 Å². The highest BCUT2D eigenvalue weighted by molar-refractivity contribution is 5.60. The third kappa shape index (κ3) is 8.98. The first kappa shape index (κ1) is 19.0. The highest BCUT2D eigenvalue weighted by Gasteiger charge is 2.17. The molecular weight excluding hydrogens is 262 g/mol. The molecule has 4 N–H and O–H groups in total. The fourth-order valence-electron chi connectivity index (χ4n) is 1.67. The van der Waals surface area contributed by atoms with E-state index < -0.39 is 6.10 Å². The van der Waals surface area contributed by atoms with Gasteiger partial charge in [0.1, 0.15) is 12.4 Å². The van der Waals surface area contributed by atoms with Crippen molar-refractivity contribution >= 4 is 12.5 Å². The molecule has 0 rings (SSSR count). The van der Waals surface area contributed by atoms with E-state index in [9.17, 15) is 9.90 Å². The Morgan fingerprint density at radius 2 is 2.15 bits per heavy atom. The van der Waals surface area contributed by atoms with Gasteiger partial charge in [-0.1, -0.05) is 0 Å². The summed E-state index contributed by atoms with van der Waals surface area (Å²) in [7, 11) is 3.04. The molecule has 1 unspecified atom stereocenters. The van der Waals surface area contributed by atoms with E-state index in [-0.39, 0.29) is 18.8 Å². The molecule has 0 saturated carbocycles. The van der Waals surface area contributed by atoms with Crippen LogP contribution < -0.4 is 11.2 Å². The Morgan fingerprint density at radius 1 is 1.40 bits per heavy atom. The lowest BCUT2D eigenvalue weighted by molar-refractivity contribution is -0.109. The Hall–Kier alpha value is -1.02. The maximum atomic E-state index is 10.8. The third-order valence-electron chi connectivity index (χ3n) is 2.87. The summed E-state index contributed by atoms with van der Waals surface area (Å²) < 4.78 is 10.0. The van der Waals surface area contributed by atoms with Crippen molar-refractivity contribution in [2.45, 2.75) is 43.9 Å². The van der Waals surface area contributed by atoms with Crippen molar-refractivity contribution in [1.29, 1.82) is 0 Å². The summed E-state index contributed by atoms with van der Waals surface area (Å²) in [6, 6.07) is -0.303. The number of nitrogens with zero attached hydrogens (tertiary/aromatic N) is 1. The lowest BCUT2D eigenvalue weighted by Gasteiger charge is -2.19. The van der Waals surface area contributed by atoms with Crippen molar-refractivity contribution in [3.05, 3.63) is 0 Å². The predicted molar refractivity (Wildman–Crippen MR) is 77.7 cm³/mol. The monoisotopic (exact) mass is 289 g/mol. The molecule has 7 heteroatoms. The van der Waals surface area contributed by atoms with Gasteiger partial charge in [-0.15, -0.1) is 0 Å². The topological polar surface area (TPSA) is 106 Å². The number of hydrazone groups is 1. The van der Waals surface area contributed by atoms with Gasteiger partial charge < -0.3 is 30.5 Å². The Kier molecular flexibility index (Phi) is 12.3. The number of nitrogens with one attached hydrogen (secondary N) is 1. The van der Waals surface area contributed by atoms with E-state index in [1.54, 1.807) is 6.21 Å². The standard InChI is InChI=1S/C13H27N3O4/c1-19-10-12(18)13(20-2)6-8-15-16-11(9-17)5-3-4-7-14/h8-9,11-13,16,18H,3-7,10,14H2,1-2H3/t11-,12+,13?/m0/s1. The molecule has 0 aliphatic heterocycles. The predicted octanol–water partition coefficient (Wildman–Crippen LogP) is -0.329. The molecule has 0 fully saturated rings. The van der Waals surface area contributed by atoms with Gasteiger partial charge in [-0.25, -0.2) is 0 Å². The van der Waals surface area contributed by atoms with Crippen molar-refractivity contribution in [1.82, 2.24) is 5.43 Å². The SMILES string of the molecule is COC[C@@H](O)C(CC=NN[C@H](C=O)CCCCN)OC. The minimum Gasteiger partial charge on any atom is -0.388 e. The average molecular weight is 289 g/mol. The fraction of sp³-hybridized carbons (Fsp3) is 0.846. The van der Waals surface area contributed by atoms with Crippen molar-refractivity contribution in [3.63, 3.8) is 0 Å². The van der Waals surface area contributed by atoms with E-state index in [0.717, 1.165) is 19.1 Å². The molecule has 0 amide bonds. The van der Waals surface area contributed by atoms with Crippen LogP contribution in [-0.2, 0) is 14.3 Å². The summed E-state index contributed by atoms with van der Waals surface area (Å²) in [5, 5.41) is 13.7. The van der Waals surface area contributed by atoms with Gasteiger partial charge in [0.15, 0.2) is 0 Å². The number of rotatable bonds is 13. The normalized spacial score (nSPS) is 16.0. The summed E-state index contributed by atoms with van der Waals surface area (Å²) >= 11 is 0. The number of nitrogens with two attached hydrogens (primary N) is 1. The molecule has 0 heterocycles. The van der Waals surface area contributed by atoms with Gasteiger partial charge in [-0.2, -0.15) is 5.10 Å². The van der Waals surface area contributed by atoms with Gasteiger partial charge in [0.2, 0.25) is 0 Å². The smallest absolute Gasteiger partial charge is 0.143 e.